The molecule has 2 fully saturated rings. The highest BCUT2D eigenvalue weighted by Gasteiger charge is 2.25. The maximum atomic E-state index is 15.0. The first kappa shape index (κ1) is 25.7. The average Bonchev–Trinajstić information content (AvgIpc) is 2.87. The molecule has 0 unspecified atom stereocenters. The summed E-state index contributed by atoms with van der Waals surface area (Å²) < 4.78 is 28.0. The van der Waals surface area contributed by atoms with Crippen LogP contribution in [0.1, 0.15) is 38.9 Å². The van der Waals surface area contributed by atoms with Crippen molar-refractivity contribution in [2.75, 3.05) is 38.3 Å². The van der Waals surface area contributed by atoms with Gasteiger partial charge in [0, 0.05) is 54.5 Å². The molecule has 2 aromatic heterocycles. The van der Waals surface area contributed by atoms with E-state index < -0.39 is 11.9 Å². The van der Waals surface area contributed by atoms with Crippen LogP contribution in [-0.4, -0.2) is 75.7 Å². The minimum atomic E-state index is -0.695. The van der Waals surface area contributed by atoms with Crippen LogP contribution < -0.4 is 10.7 Å². The standard InChI is InChI=1S/C27H34FN5O4/c1-16(2)33-19(13-32-7-9-37-14-17(32)3)11-24(34)20-5-4-18(10-23(20)33)26-21(28)12-29-27(31-26)30-22-6-8-36-15-25(22)35/h4-5,10-12,16-17,22,25,35H,6-9,13-15H2,1-3H3,(H,29,30,31)/t17-,22-,25-/m1/s1. The van der Waals surface area contributed by atoms with Gasteiger partial charge in [-0.2, -0.15) is 0 Å². The van der Waals surface area contributed by atoms with Crippen molar-refractivity contribution in [2.45, 2.75) is 58.0 Å². The average molecular weight is 512 g/mol. The van der Waals surface area contributed by atoms with E-state index in [0.717, 1.165) is 24.0 Å². The second-order valence-electron chi connectivity index (χ2n) is 10.2. The highest BCUT2D eigenvalue weighted by atomic mass is 19.1. The van der Waals surface area contributed by atoms with E-state index in [1.807, 2.05) is 6.07 Å². The molecular weight excluding hydrogens is 477 g/mol. The Morgan fingerprint density at radius 3 is 2.78 bits per heavy atom. The molecule has 0 aliphatic carbocycles. The van der Waals surface area contributed by atoms with Gasteiger partial charge in [0.05, 0.1) is 43.7 Å². The number of aromatic nitrogens is 3. The van der Waals surface area contributed by atoms with Crippen molar-refractivity contribution in [1.82, 2.24) is 19.4 Å². The highest BCUT2D eigenvalue weighted by molar-refractivity contribution is 5.84. The monoisotopic (exact) mass is 511 g/mol. The number of hydrogen-bond donors (Lipinski definition) is 2. The molecule has 3 atom stereocenters. The van der Waals surface area contributed by atoms with Crippen LogP contribution in [-0.2, 0) is 16.0 Å². The molecular formula is C27H34FN5O4. The lowest BCUT2D eigenvalue weighted by Crippen LogP contribution is -2.43. The van der Waals surface area contributed by atoms with Crippen LogP contribution in [0.5, 0.6) is 0 Å². The number of hydrogen-bond acceptors (Lipinski definition) is 8. The largest absolute Gasteiger partial charge is 0.389 e. The summed E-state index contributed by atoms with van der Waals surface area (Å²) in [5.41, 5.74) is 2.28. The smallest absolute Gasteiger partial charge is 0.223 e. The Labute approximate surface area is 215 Å². The van der Waals surface area contributed by atoms with E-state index in [1.165, 1.54) is 0 Å². The van der Waals surface area contributed by atoms with E-state index >= 15 is 0 Å². The number of nitrogens with one attached hydrogen (secondary N) is 1. The Bertz CT molecular complexity index is 1330. The number of fused-ring (bicyclic) bond motifs is 1. The number of anilines is 1. The summed E-state index contributed by atoms with van der Waals surface area (Å²) in [5, 5.41) is 13.9. The van der Waals surface area contributed by atoms with Crippen molar-refractivity contribution in [3.8, 4) is 11.3 Å². The van der Waals surface area contributed by atoms with E-state index in [1.54, 1.807) is 18.2 Å². The summed E-state index contributed by atoms with van der Waals surface area (Å²) in [6, 6.07) is 7.06. The minimum absolute atomic E-state index is 0.0617. The van der Waals surface area contributed by atoms with Crippen molar-refractivity contribution in [1.29, 1.82) is 0 Å². The number of pyridine rings is 1. The second kappa shape index (κ2) is 10.8. The molecule has 9 nitrogen and oxygen atoms in total. The van der Waals surface area contributed by atoms with Crippen LogP contribution in [0.3, 0.4) is 0 Å². The van der Waals surface area contributed by atoms with Crippen molar-refractivity contribution in [3.63, 3.8) is 0 Å². The second-order valence-corrected chi connectivity index (χ2v) is 10.2. The lowest BCUT2D eigenvalue weighted by atomic mass is 10.1. The van der Waals surface area contributed by atoms with E-state index in [9.17, 15) is 14.3 Å². The number of aliphatic hydroxyl groups is 1. The first-order chi connectivity index (χ1) is 17.8. The lowest BCUT2D eigenvalue weighted by molar-refractivity contribution is -0.0136. The SMILES string of the molecule is CC(C)n1c(CN2CCOC[C@H]2C)cc(=O)c2ccc(-c3nc(N[C@@H]4CCOC[C@H]4O)ncc3F)cc21. The van der Waals surface area contributed by atoms with Crippen LogP contribution >= 0.6 is 0 Å². The summed E-state index contributed by atoms with van der Waals surface area (Å²) in [4.78, 5) is 24.0. The lowest BCUT2D eigenvalue weighted by Gasteiger charge is -2.34. The zero-order valence-corrected chi connectivity index (χ0v) is 21.5. The molecule has 0 bridgehead atoms. The van der Waals surface area contributed by atoms with E-state index in [-0.39, 0.29) is 41.8 Å². The predicted molar refractivity (Wildman–Crippen MR) is 139 cm³/mol. The zero-order valence-electron chi connectivity index (χ0n) is 21.5. The molecule has 2 N–H and O–H groups in total. The number of morpholine rings is 1. The number of nitrogens with zero attached hydrogens (tertiary/aromatic N) is 4. The molecule has 4 heterocycles. The van der Waals surface area contributed by atoms with Gasteiger partial charge in [0.25, 0.3) is 0 Å². The van der Waals surface area contributed by atoms with E-state index in [4.69, 9.17) is 9.47 Å². The van der Waals surface area contributed by atoms with Crippen LogP contribution in [0.15, 0.2) is 35.3 Å². The number of benzene rings is 1. The van der Waals surface area contributed by atoms with Gasteiger partial charge in [-0.3, -0.25) is 9.69 Å². The third-order valence-electron chi connectivity index (χ3n) is 7.17. The van der Waals surface area contributed by atoms with Crippen molar-refractivity contribution in [2.24, 2.45) is 0 Å². The fourth-order valence-corrected chi connectivity index (χ4v) is 5.17. The highest BCUT2D eigenvalue weighted by Crippen LogP contribution is 2.28. The van der Waals surface area contributed by atoms with Gasteiger partial charge in [-0.1, -0.05) is 6.07 Å². The first-order valence-corrected chi connectivity index (χ1v) is 12.9. The topological polar surface area (TPSA) is 102 Å². The fraction of sp³-hybridized carbons (Fsp3) is 0.519. The number of ether oxygens (including phenoxy) is 2. The van der Waals surface area contributed by atoms with Crippen LogP contribution in [0, 0.1) is 5.82 Å². The number of aliphatic hydroxyl groups excluding tert-OH is 1. The quantitative estimate of drug-likeness (QED) is 0.521. The molecule has 2 aliphatic rings. The van der Waals surface area contributed by atoms with Gasteiger partial charge in [-0.25, -0.2) is 14.4 Å². The Balaban J connectivity index is 1.55. The molecule has 37 heavy (non-hydrogen) atoms. The molecule has 198 valence electrons. The number of rotatable bonds is 6. The molecule has 10 heteroatoms. The van der Waals surface area contributed by atoms with Gasteiger partial charge in [0.1, 0.15) is 5.69 Å². The molecule has 3 aromatic rings. The third-order valence-corrected chi connectivity index (χ3v) is 7.17. The fourth-order valence-electron chi connectivity index (χ4n) is 5.17. The van der Waals surface area contributed by atoms with Crippen LogP contribution in [0.2, 0.25) is 0 Å². The van der Waals surface area contributed by atoms with Crippen LogP contribution in [0.25, 0.3) is 22.2 Å². The minimum Gasteiger partial charge on any atom is -0.389 e. The summed E-state index contributed by atoms with van der Waals surface area (Å²) in [6.07, 6.45) is 1.03. The predicted octanol–water partition coefficient (Wildman–Crippen LogP) is 2.96. The third kappa shape index (κ3) is 5.38. The molecule has 5 rings (SSSR count). The maximum absolute atomic E-state index is 15.0. The first-order valence-electron chi connectivity index (χ1n) is 12.9. The summed E-state index contributed by atoms with van der Waals surface area (Å²) in [7, 11) is 0. The van der Waals surface area contributed by atoms with Gasteiger partial charge in [-0.05, 0) is 39.3 Å². The Hall–Kier alpha value is -2.92. The van der Waals surface area contributed by atoms with Crippen molar-refractivity contribution < 1.29 is 19.0 Å². The van der Waals surface area contributed by atoms with Crippen molar-refractivity contribution in [3.05, 3.63) is 52.2 Å². The molecule has 0 amide bonds. The van der Waals surface area contributed by atoms with E-state index in [2.05, 4.69) is 45.5 Å². The van der Waals surface area contributed by atoms with Crippen molar-refractivity contribution >= 4 is 16.9 Å². The summed E-state index contributed by atoms with van der Waals surface area (Å²) >= 11 is 0. The van der Waals surface area contributed by atoms with Gasteiger partial charge < -0.3 is 24.5 Å². The normalized spacial score (nSPS) is 23.0. The molecule has 0 radical (unpaired) electrons. The van der Waals surface area contributed by atoms with Gasteiger partial charge in [0.15, 0.2) is 11.2 Å². The van der Waals surface area contributed by atoms with Crippen LogP contribution in [0.4, 0.5) is 10.3 Å². The van der Waals surface area contributed by atoms with E-state index in [0.29, 0.717) is 43.7 Å². The number of halogens is 1. The summed E-state index contributed by atoms with van der Waals surface area (Å²) in [6.45, 7) is 9.79. The molecule has 0 spiro atoms. The molecule has 0 saturated carbocycles. The molecule has 1 aromatic carbocycles. The summed E-state index contributed by atoms with van der Waals surface area (Å²) in [5.74, 6) is -0.326. The Kier molecular flexibility index (Phi) is 7.52. The molecule has 2 aliphatic heterocycles. The Morgan fingerprint density at radius 1 is 1.22 bits per heavy atom. The Morgan fingerprint density at radius 2 is 2.03 bits per heavy atom. The van der Waals surface area contributed by atoms with Gasteiger partial charge in [0.2, 0.25) is 5.95 Å². The van der Waals surface area contributed by atoms with Gasteiger partial charge in [-0.15, -0.1) is 0 Å². The van der Waals surface area contributed by atoms with Gasteiger partial charge >= 0.3 is 0 Å². The maximum Gasteiger partial charge on any atom is 0.223 e. The molecule has 2 saturated heterocycles. The zero-order chi connectivity index (χ0) is 26.1.